The fraction of sp³-hybridized carbons (Fsp3) is 0.200. The number of hydrogen-bond acceptors (Lipinski definition) is 4. The van der Waals surface area contributed by atoms with Gasteiger partial charge in [0.2, 0.25) is 0 Å². The van der Waals surface area contributed by atoms with E-state index in [1.807, 2.05) is 5.48 Å². The van der Waals surface area contributed by atoms with Gasteiger partial charge in [0, 0.05) is 12.1 Å². The van der Waals surface area contributed by atoms with Crippen LogP contribution in [0.2, 0.25) is 0 Å². The maximum atomic E-state index is 11.4. The van der Waals surface area contributed by atoms with Crippen LogP contribution in [0, 0.1) is 0 Å². The molecule has 5 heteroatoms. The zero-order valence-electron chi connectivity index (χ0n) is 8.32. The summed E-state index contributed by atoms with van der Waals surface area (Å²) in [7, 11) is 0. The van der Waals surface area contributed by atoms with Crippen molar-refractivity contribution in [2.75, 3.05) is 5.73 Å². The van der Waals surface area contributed by atoms with Gasteiger partial charge in [-0.25, -0.2) is 4.79 Å². The van der Waals surface area contributed by atoms with Gasteiger partial charge in [-0.3, -0.25) is 4.79 Å². The van der Waals surface area contributed by atoms with E-state index in [1.54, 1.807) is 31.2 Å². The minimum absolute atomic E-state index is 0.199. The van der Waals surface area contributed by atoms with Crippen LogP contribution in [0.4, 0.5) is 5.69 Å². The zero-order valence-corrected chi connectivity index (χ0v) is 8.32. The van der Waals surface area contributed by atoms with Crippen LogP contribution in [0.15, 0.2) is 24.3 Å². The van der Waals surface area contributed by atoms with Crippen molar-refractivity contribution in [2.24, 2.45) is 0 Å². The Balaban J connectivity index is 2.62. The summed E-state index contributed by atoms with van der Waals surface area (Å²) >= 11 is 0. The van der Waals surface area contributed by atoms with Gasteiger partial charge in [0.05, 0.1) is 5.56 Å². The standard InChI is InChI=1S/C10H12N2O3/c1-2-9(13)15-12-10(14)7-5-3-4-6-8(7)11/h3-6H,2,11H2,1H3,(H,12,14). The van der Waals surface area contributed by atoms with Gasteiger partial charge in [0.1, 0.15) is 0 Å². The predicted octanol–water partition coefficient (Wildman–Crippen LogP) is 0.867. The second kappa shape index (κ2) is 4.99. The number of anilines is 1. The number of rotatable bonds is 2. The molecule has 0 bridgehead atoms. The Bertz CT molecular complexity index is 377. The lowest BCUT2D eigenvalue weighted by atomic mass is 10.2. The third kappa shape index (κ3) is 2.98. The van der Waals surface area contributed by atoms with Gasteiger partial charge >= 0.3 is 5.97 Å². The number of carbonyl (C=O) groups excluding carboxylic acids is 2. The molecule has 0 aliphatic carbocycles. The molecule has 15 heavy (non-hydrogen) atoms. The Morgan fingerprint density at radius 2 is 2.07 bits per heavy atom. The summed E-state index contributed by atoms with van der Waals surface area (Å²) in [5.41, 5.74) is 8.20. The largest absolute Gasteiger partial charge is 0.398 e. The highest BCUT2D eigenvalue weighted by atomic mass is 16.7. The van der Waals surface area contributed by atoms with Crippen LogP contribution in [-0.2, 0) is 9.63 Å². The monoisotopic (exact) mass is 208 g/mol. The maximum Gasteiger partial charge on any atom is 0.331 e. The summed E-state index contributed by atoms with van der Waals surface area (Å²) in [6.07, 6.45) is 0.199. The van der Waals surface area contributed by atoms with Gasteiger partial charge in [-0.1, -0.05) is 19.1 Å². The van der Waals surface area contributed by atoms with E-state index in [-0.39, 0.29) is 12.0 Å². The van der Waals surface area contributed by atoms with Gasteiger partial charge in [-0.05, 0) is 12.1 Å². The van der Waals surface area contributed by atoms with E-state index in [0.717, 1.165) is 0 Å². The Labute approximate surface area is 87.2 Å². The zero-order chi connectivity index (χ0) is 11.3. The van der Waals surface area contributed by atoms with Gasteiger partial charge in [-0.2, -0.15) is 5.48 Å². The number of benzene rings is 1. The van der Waals surface area contributed by atoms with Crippen molar-refractivity contribution in [1.82, 2.24) is 5.48 Å². The smallest absolute Gasteiger partial charge is 0.331 e. The number of carbonyl (C=O) groups is 2. The summed E-state index contributed by atoms with van der Waals surface area (Å²) in [4.78, 5) is 26.7. The molecule has 0 aromatic heterocycles. The Hall–Kier alpha value is -2.04. The van der Waals surface area contributed by atoms with Gasteiger partial charge in [0.25, 0.3) is 5.91 Å². The summed E-state index contributed by atoms with van der Waals surface area (Å²) in [6, 6.07) is 6.53. The van der Waals surface area contributed by atoms with Crippen molar-refractivity contribution in [3.63, 3.8) is 0 Å². The number of nitrogens with one attached hydrogen (secondary N) is 1. The van der Waals surface area contributed by atoms with E-state index in [2.05, 4.69) is 4.84 Å². The molecule has 0 heterocycles. The fourth-order valence-corrected chi connectivity index (χ4v) is 0.934. The van der Waals surface area contributed by atoms with Crippen LogP contribution in [-0.4, -0.2) is 11.9 Å². The molecule has 0 saturated heterocycles. The lowest BCUT2D eigenvalue weighted by Crippen LogP contribution is -2.27. The molecule has 0 aliphatic rings. The Morgan fingerprint density at radius 3 is 2.67 bits per heavy atom. The van der Waals surface area contributed by atoms with Crippen molar-refractivity contribution < 1.29 is 14.4 Å². The number of nitrogens with two attached hydrogens (primary N) is 1. The average Bonchev–Trinajstić information content (AvgIpc) is 2.26. The van der Waals surface area contributed by atoms with E-state index in [4.69, 9.17) is 5.73 Å². The van der Waals surface area contributed by atoms with E-state index >= 15 is 0 Å². The van der Waals surface area contributed by atoms with E-state index in [1.165, 1.54) is 0 Å². The Kier molecular flexibility index (Phi) is 3.68. The van der Waals surface area contributed by atoms with Crippen LogP contribution in [0.1, 0.15) is 23.7 Å². The summed E-state index contributed by atoms with van der Waals surface area (Å²) in [5, 5.41) is 0. The molecule has 80 valence electrons. The molecular formula is C10H12N2O3. The predicted molar refractivity (Wildman–Crippen MR) is 54.7 cm³/mol. The Morgan fingerprint density at radius 1 is 1.40 bits per heavy atom. The molecule has 0 unspecified atom stereocenters. The number of hydroxylamine groups is 1. The van der Waals surface area contributed by atoms with E-state index in [9.17, 15) is 9.59 Å². The first-order valence-corrected chi connectivity index (χ1v) is 4.49. The van der Waals surface area contributed by atoms with Crippen LogP contribution in [0.3, 0.4) is 0 Å². The van der Waals surface area contributed by atoms with Crippen molar-refractivity contribution >= 4 is 17.6 Å². The average molecular weight is 208 g/mol. The minimum Gasteiger partial charge on any atom is -0.398 e. The quantitative estimate of drug-likeness (QED) is 0.558. The second-order valence-electron chi connectivity index (χ2n) is 2.85. The van der Waals surface area contributed by atoms with Crippen molar-refractivity contribution in [1.29, 1.82) is 0 Å². The van der Waals surface area contributed by atoms with Crippen LogP contribution in [0.5, 0.6) is 0 Å². The molecule has 1 aromatic rings. The highest BCUT2D eigenvalue weighted by Gasteiger charge is 2.10. The second-order valence-corrected chi connectivity index (χ2v) is 2.85. The molecular weight excluding hydrogens is 196 g/mol. The van der Waals surface area contributed by atoms with Crippen LogP contribution in [0.25, 0.3) is 0 Å². The van der Waals surface area contributed by atoms with Gasteiger partial charge in [-0.15, -0.1) is 0 Å². The third-order valence-corrected chi connectivity index (χ3v) is 1.75. The van der Waals surface area contributed by atoms with Crippen molar-refractivity contribution in [3.8, 4) is 0 Å². The summed E-state index contributed by atoms with van der Waals surface area (Å²) < 4.78 is 0. The molecule has 0 radical (unpaired) electrons. The molecule has 5 nitrogen and oxygen atoms in total. The van der Waals surface area contributed by atoms with E-state index in [0.29, 0.717) is 5.69 Å². The van der Waals surface area contributed by atoms with Crippen molar-refractivity contribution in [3.05, 3.63) is 29.8 Å². The lowest BCUT2D eigenvalue weighted by molar-refractivity contribution is -0.148. The first kappa shape index (κ1) is 11.0. The summed E-state index contributed by atoms with van der Waals surface area (Å²) in [6.45, 7) is 1.63. The first-order chi connectivity index (χ1) is 7.15. The molecule has 3 N–H and O–H groups in total. The molecule has 0 atom stereocenters. The molecule has 0 spiro atoms. The lowest BCUT2D eigenvalue weighted by Gasteiger charge is -2.06. The topological polar surface area (TPSA) is 81.4 Å². The molecule has 1 amide bonds. The first-order valence-electron chi connectivity index (χ1n) is 4.49. The highest BCUT2D eigenvalue weighted by molar-refractivity contribution is 5.98. The number of hydrogen-bond donors (Lipinski definition) is 2. The van der Waals surface area contributed by atoms with Crippen LogP contribution < -0.4 is 11.2 Å². The normalized spacial score (nSPS) is 9.40. The van der Waals surface area contributed by atoms with Crippen LogP contribution >= 0.6 is 0 Å². The molecule has 0 fully saturated rings. The van der Waals surface area contributed by atoms with Crippen molar-refractivity contribution in [2.45, 2.75) is 13.3 Å². The number of amides is 1. The van der Waals surface area contributed by atoms with E-state index < -0.39 is 11.9 Å². The molecule has 0 aliphatic heterocycles. The summed E-state index contributed by atoms with van der Waals surface area (Å²) in [5.74, 6) is -1.03. The van der Waals surface area contributed by atoms with Gasteiger partial charge in [0.15, 0.2) is 0 Å². The SMILES string of the molecule is CCC(=O)ONC(=O)c1ccccc1N. The number of nitrogen functional groups attached to an aromatic ring is 1. The molecule has 0 saturated carbocycles. The van der Waals surface area contributed by atoms with Gasteiger partial charge < -0.3 is 10.6 Å². The minimum atomic E-state index is -0.532. The highest BCUT2D eigenvalue weighted by Crippen LogP contribution is 2.09. The molecule has 1 aromatic carbocycles. The number of para-hydroxylation sites is 1. The maximum absolute atomic E-state index is 11.4. The molecule has 1 rings (SSSR count). The third-order valence-electron chi connectivity index (χ3n) is 1.75. The fourth-order valence-electron chi connectivity index (χ4n) is 0.934.